The normalized spacial score (nSPS) is 25.7. The molecule has 0 fully saturated rings. The number of aryl methyl sites for hydroxylation is 1. The lowest BCUT2D eigenvalue weighted by atomic mass is 9.89. The molecular weight excluding hydrogens is 162 g/mol. The van der Waals surface area contributed by atoms with Crippen LogP contribution in [-0.2, 0) is 16.8 Å². The van der Waals surface area contributed by atoms with Gasteiger partial charge in [0.2, 0.25) is 0 Å². The SMILES string of the molecule is CC(=O)C1(N)CCc2ccccc21. The maximum atomic E-state index is 11.4. The maximum absolute atomic E-state index is 11.4. The Labute approximate surface area is 77.8 Å². The molecule has 13 heavy (non-hydrogen) atoms. The summed E-state index contributed by atoms with van der Waals surface area (Å²) in [5.41, 5.74) is 7.59. The van der Waals surface area contributed by atoms with E-state index in [1.54, 1.807) is 6.92 Å². The summed E-state index contributed by atoms with van der Waals surface area (Å²) in [5.74, 6) is 0.0671. The summed E-state index contributed by atoms with van der Waals surface area (Å²) in [6.45, 7) is 1.57. The molecule has 1 atom stereocenters. The quantitative estimate of drug-likeness (QED) is 0.700. The molecule has 1 unspecified atom stereocenters. The molecule has 2 N–H and O–H groups in total. The first kappa shape index (κ1) is 8.45. The van der Waals surface area contributed by atoms with E-state index in [1.807, 2.05) is 24.3 Å². The first-order chi connectivity index (χ1) is 6.14. The Morgan fingerprint density at radius 1 is 1.46 bits per heavy atom. The maximum Gasteiger partial charge on any atom is 0.154 e. The molecular formula is C11H13NO. The van der Waals surface area contributed by atoms with Crippen molar-refractivity contribution >= 4 is 5.78 Å². The van der Waals surface area contributed by atoms with Crippen molar-refractivity contribution in [2.45, 2.75) is 25.3 Å². The van der Waals surface area contributed by atoms with Crippen LogP contribution in [0.2, 0.25) is 0 Å². The number of Topliss-reactive ketones (excluding diaryl/α,β-unsaturated/α-hetero) is 1. The Kier molecular flexibility index (Phi) is 1.74. The number of fused-ring (bicyclic) bond motifs is 1. The average molecular weight is 175 g/mol. The fourth-order valence-electron chi connectivity index (χ4n) is 2.01. The lowest BCUT2D eigenvalue weighted by molar-refractivity contribution is -0.122. The molecule has 0 saturated carbocycles. The minimum Gasteiger partial charge on any atom is -0.315 e. The second-order valence-corrected chi connectivity index (χ2v) is 3.68. The third-order valence-electron chi connectivity index (χ3n) is 2.91. The minimum atomic E-state index is -0.712. The van der Waals surface area contributed by atoms with Crippen LogP contribution in [0, 0.1) is 0 Å². The van der Waals surface area contributed by atoms with E-state index < -0.39 is 5.54 Å². The van der Waals surface area contributed by atoms with Crippen LogP contribution in [0.4, 0.5) is 0 Å². The Balaban J connectivity index is 2.55. The van der Waals surface area contributed by atoms with Crippen molar-refractivity contribution in [1.82, 2.24) is 0 Å². The van der Waals surface area contributed by atoms with Gasteiger partial charge in [-0.05, 0) is 30.9 Å². The zero-order valence-corrected chi connectivity index (χ0v) is 7.71. The van der Waals surface area contributed by atoms with Crippen molar-refractivity contribution in [2.75, 3.05) is 0 Å². The molecule has 0 radical (unpaired) electrons. The molecule has 2 heteroatoms. The van der Waals surface area contributed by atoms with E-state index in [9.17, 15) is 4.79 Å². The Morgan fingerprint density at radius 2 is 2.15 bits per heavy atom. The second kappa shape index (κ2) is 2.67. The highest BCUT2D eigenvalue weighted by Crippen LogP contribution is 2.35. The summed E-state index contributed by atoms with van der Waals surface area (Å²) in [5, 5.41) is 0. The number of rotatable bonds is 1. The highest BCUT2D eigenvalue weighted by molar-refractivity contribution is 5.88. The van der Waals surface area contributed by atoms with Gasteiger partial charge in [-0.1, -0.05) is 24.3 Å². The lowest BCUT2D eigenvalue weighted by Crippen LogP contribution is -2.41. The van der Waals surface area contributed by atoms with Gasteiger partial charge < -0.3 is 5.73 Å². The highest BCUT2D eigenvalue weighted by Gasteiger charge is 2.38. The Hall–Kier alpha value is -1.15. The van der Waals surface area contributed by atoms with Gasteiger partial charge in [0.05, 0.1) is 0 Å². The Bertz CT molecular complexity index is 359. The zero-order valence-electron chi connectivity index (χ0n) is 7.71. The number of nitrogens with two attached hydrogens (primary N) is 1. The number of hydrogen-bond acceptors (Lipinski definition) is 2. The molecule has 0 saturated heterocycles. The van der Waals surface area contributed by atoms with Crippen molar-refractivity contribution < 1.29 is 4.79 Å². The van der Waals surface area contributed by atoms with Gasteiger partial charge in [0, 0.05) is 0 Å². The van der Waals surface area contributed by atoms with Crippen LogP contribution >= 0.6 is 0 Å². The molecule has 0 bridgehead atoms. The minimum absolute atomic E-state index is 0.0671. The van der Waals surface area contributed by atoms with Crippen LogP contribution in [0.15, 0.2) is 24.3 Å². The van der Waals surface area contributed by atoms with E-state index in [-0.39, 0.29) is 5.78 Å². The van der Waals surface area contributed by atoms with Crippen molar-refractivity contribution in [1.29, 1.82) is 0 Å². The van der Waals surface area contributed by atoms with Crippen molar-refractivity contribution in [3.63, 3.8) is 0 Å². The fraction of sp³-hybridized carbons (Fsp3) is 0.364. The molecule has 2 nitrogen and oxygen atoms in total. The van der Waals surface area contributed by atoms with Crippen LogP contribution in [-0.4, -0.2) is 5.78 Å². The van der Waals surface area contributed by atoms with Gasteiger partial charge >= 0.3 is 0 Å². The van der Waals surface area contributed by atoms with Gasteiger partial charge in [-0.15, -0.1) is 0 Å². The van der Waals surface area contributed by atoms with Crippen molar-refractivity contribution in [2.24, 2.45) is 5.73 Å². The number of benzene rings is 1. The van der Waals surface area contributed by atoms with Gasteiger partial charge in [-0.2, -0.15) is 0 Å². The van der Waals surface area contributed by atoms with E-state index in [0.29, 0.717) is 0 Å². The van der Waals surface area contributed by atoms with Crippen molar-refractivity contribution in [3.05, 3.63) is 35.4 Å². The topological polar surface area (TPSA) is 43.1 Å². The first-order valence-corrected chi connectivity index (χ1v) is 4.53. The van der Waals surface area contributed by atoms with E-state index in [4.69, 9.17) is 5.73 Å². The summed E-state index contributed by atoms with van der Waals surface area (Å²) in [6, 6.07) is 7.94. The van der Waals surface area contributed by atoms with Crippen LogP contribution in [0.3, 0.4) is 0 Å². The van der Waals surface area contributed by atoms with E-state index in [0.717, 1.165) is 18.4 Å². The van der Waals surface area contributed by atoms with Crippen LogP contribution < -0.4 is 5.73 Å². The van der Waals surface area contributed by atoms with Crippen LogP contribution in [0.25, 0.3) is 0 Å². The zero-order chi connectivity index (χ0) is 9.47. The van der Waals surface area contributed by atoms with E-state index in [2.05, 4.69) is 0 Å². The van der Waals surface area contributed by atoms with Gasteiger partial charge in [0.15, 0.2) is 5.78 Å². The molecule has 1 aliphatic carbocycles. The summed E-state index contributed by atoms with van der Waals surface area (Å²) >= 11 is 0. The largest absolute Gasteiger partial charge is 0.315 e. The summed E-state index contributed by atoms with van der Waals surface area (Å²) in [7, 11) is 0. The smallest absolute Gasteiger partial charge is 0.154 e. The van der Waals surface area contributed by atoms with Crippen molar-refractivity contribution in [3.8, 4) is 0 Å². The first-order valence-electron chi connectivity index (χ1n) is 4.53. The standard InChI is InChI=1S/C11H13NO/c1-8(13)11(12)7-6-9-4-2-3-5-10(9)11/h2-5H,6-7,12H2,1H3. The monoisotopic (exact) mass is 175 g/mol. The molecule has 1 aliphatic rings. The van der Waals surface area contributed by atoms with Crippen LogP contribution in [0.1, 0.15) is 24.5 Å². The van der Waals surface area contributed by atoms with E-state index in [1.165, 1.54) is 5.56 Å². The van der Waals surface area contributed by atoms with Crippen LogP contribution in [0.5, 0.6) is 0 Å². The van der Waals surface area contributed by atoms with Gasteiger partial charge in [0.25, 0.3) is 0 Å². The number of carbonyl (C=O) groups excluding carboxylic acids is 1. The molecule has 1 aromatic rings. The third-order valence-corrected chi connectivity index (χ3v) is 2.91. The average Bonchev–Trinajstić information content (AvgIpc) is 2.47. The predicted molar refractivity (Wildman–Crippen MR) is 51.3 cm³/mol. The van der Waals surface area contributed by atoms with E-state index >= 15 is 0 Å². The molecule has 2 rings (SSSR count). The number of hydrogen-bond donors (Lipinski definition) is 1. The predicted octanol–water partition coefficient (Wildman–Crippen LogP) is 1.38. The second-order valence-electron chi connectivity index (χ2n) is 3.68. The number of carbonyl (C=O) groups is 1. The molecule has 0 heterocycles. The summed E-state index contributed by atoms with van der Waals surface area (Å²) in [6.07, 6.45) is 1.67. The summed E-state index contributed by atoms with van der Waals surface area (Å²) < 4.78 is 0. The molecule has 0 aromatic heterocycles. The third kappa shape index (κ3) is 1.10. The fourth-order valence-corrected chi connectivity index (χ4v) is 2.01. The lowest BCUT2D eigenvalue weighted by Gasteiger charge is -2.21. The molecule has 0 amide bonds. The molecule has 0 aliphatic heterocycles. The molecule has 68 valence electrons. The highest BCUT2D eigenvalue weighted by atomic mass is 16.1. The van der Waals surface area contributed by atoms with Gasteiger partial charge in [0.1, 0.15) is 5.54 Å². The van der Waals surface area contributed by atoms with Gasteiger partial charge in [-0.25, -0.2) is 0 Å². The Morgan fingerprint density at radius 3 is 2.85 bits per heavy atom. The van der Waals surface area contributed by atoms with Gasteiger partial charge in [-0.3, -0.25) is 4.79 Å². The number of ketones is 1. The molecule has 1 aromatic carbocycles. The summed E-state index contributed by atoms with van der Waals surface area (Å²) in [4.78, 5) is 11.4. The molecule has 0 spiro atoms.